The van der Waals surface area contributed by atoms with Crippen molar-refractivity contribution in [3.63, 3.8) is 0 Å². The highest BCUT2D eigenvalue weighted by Gasteiger charge is 2.40. The zero-order valence-corrected chi connectivity index (χ0v) is 8.31. The molecule has 0 aliphatic heterocycles. The highest BCUT2D eigenvalue weighted by Crippen LogP contribution is 2.50. The molecule has 1 N–H and O–H groups in total. The molecule has 2 rings (SSSR count). The SMILES string of the molecule is COP(=O)(O)OC1CC2C=CC1C2. The predicted octanol–water partition coefficient (Wildman–Crippen LogP) is 1.71. The van der Waals surface area contributed by atoms with Gasteiger partial charge in [-0.15, -0.1) is 0 Å². The quantitative estimate of drug-likeness (QED) is 0.561. The summed E-state index contributed by atoms with van der Waals surface area (Å²) in [6, 6.07) is 0. The van der Waals surface area contributed by atoms with Crippen molar-refractivity contribution in [2.24, 2.45) is 11.8 Å². The molecule has 0 aromatic rings. The third kappa shape index (κ3) is 1.86. The molecule has 4 unspecified atom stereocenters. The van der Waals surface area contributed by atoms with E-state index in [0.29, 0.717) is 11.8 Å². The molecule has 0 amide bonds. The first-order valence-electron chi connectivity index (χ1n) is 4.36. The smallest absolute Gasteiger partial charge is 0.302 e. The fraction of sp³-hybridized carbons (Fsp3) is 0.750. The van der Waals surface area contributed by atoms with E-state index < -0.39 is 7.82 Å². The summed E-state index contributed by atoms with van der Waals surface area (Å²) in [5.74, 6) is 0.840. The average molecular weight is 204 g/mol. The van der Waals surface area contributed by atoms with E-state index in [4.69, 9.17) is 9.42 Å². The number of fused-ring (bicyclic) bond motifs is 2. The van der Waals surface area contributed by atoms with Crippen LogP contribution in [0.25, 0.3) is 0 Å². The average Bonchev–Trinajstić information content (AvgIpc) is 2.64. The maximum absolute atomic E-state index is 11.1. The number of phosphoric ester groups is 1. The van der Waals surface area contributed by atoms with Gasteiger partial charge in [0.25, 0.3) is 0 Å². The largest absolute Gasteiger partial charge is 0.472 e. The highest BCUT2D eigenvalue weighted by molar-refractivity contribution is 7.47. The first-order valence-corrected chi connectivity index (χ1v) is 5.85. The minimum absolute atomic E-state index is 0.134. The molecule has 1 saturated carbocycles. The van der Waals surface area contributed by atoms with E-state index in [1.807, 2.05) is 0 Å². The summed E-state index contributed by atoms with van der Waals surface area (Å²) in [5, 5.41) is 0. The van der Waals surface area contributed by atoms with Gasteiger partial charge in [0.1, 0.15) is 0 Å². The van der Waals surface area contributed by atoms with Crippen molar-refractivity contribution in [1.82, 2.24) is 0 Å². The molecule has 4 nitrogen and oxygen atoms in total. The lowest BCUT2D eigenvalue weighted by atomic mass is 10.1. The summed E-state index contributed by atoms with van der Waals surface area (Å²) in [4.78, 5) is 9.10. The van der Waals surface area contributed by atoms with Crippen LogP contribution in [-0.2, 0) is 13.6 Å². The second-order valence-electron chi connectivity index (χ2n) is 3.58. The van der Waals surface area contributed by atoms with Gasteiger partial charge in [0.15, 0.2) is 0 Å². The summed E-state index contributed by atoms with van der Waals surface area (Å²) in [5.41, 5.74) is 0. The van der Waals surface area contributed by atoms with Crippen molar-refractivity contribution in [3.05, 3.63) is 12.2 Å². The minimum Gasteiger partial charge on any atom is -0.302 e. The Bertz CT molecular complexity index is 275. The molecule has 0 saturated heterocycles. The van der Waals surface area contributed by atoms with Crippen LogP contribution in [0.3, 0.4) is 0 Å². The van der Waals surface area contributed by atoms with Crippen molar-refractivity contribution in [2.75, 3.05) is 7.11 Å². The van der Waals surface area contributed by atoms with Crippen molar-refractivity contribution in [3.8, 4) is 0 Å². The number of allylic oxidation sites excluding steroid dienone is 1. The zero-order chi connectivity index (χ0) is 9.47. The van der Waals surface area contributed by atoms with Crippen LogP contribution in [0.4, 0.5) is 0 Å². The maximum atomic E-state index is 11.1. The van der Waals surface area contributed by atoms with Gasteiger partial charge in [0.2, 0.25) is 0 Å². The molecule has 2 aliphatic carbocycles. The normalized spacial score (nSPS) is 40.9. The Hall–Kier alpha value is -0.150. The van der Waals surface area contributed by atoms with Gasteiger partial charge in [-0.1, -0.05) is 12.2 Å². The molecule has 4 atom stereocenters. The molecule has 0 aromatic heterocycles. The molecule has 2 bridgehead atoms. The van der Waals surface area contributed by atoms with Gasteiger partial charge in [-0.25, -0.2) is 4.57 Å². The Morgan fingerprint density at radius 1 is 1.46 bits per heavy atom. The molecule has 2 aliphatic rings. The summed E-state index contributed by atoms with van der Waals surface area (Å²) in [7, 11) is -2.60. The summed E-state index contributed by atoms with van der Waals surface area (Å²) < 4.78 is 20.5. The zero-order valence-electron chi connectivity index (χ0n) is 7.42. The van der Waals surface area contributed by atoms with Gasteiger partial charge in [-0.05, 0) is 18.8 Å². The van der Waals surface area contributed by atoms with Crippen LogP contribution in [0.2, 0.25) is 0 Å². The second-order valence-corrected chi connectivity index (χ2v) is 5.09. The van der Waals surface area contributed by atoms with Crippen LogP contribution >= 0.6 is 7.82 Å². The van der Waals surface area contributed by atoms with Gasteiger partial charge in [-0.2, -0.15) is 0 Å². The number of hydrogen-bond acceptors (Lipinski definition) is 3. The Balaban J connectivity index is 1.98. The molecule has 0 heterocycles. The van der Waals surface area contributed by atoms with E-state index in [9.17, 15) is 4.57 Å². The molecule has 13 heavy (non-hydrogen) atoms. The minimum atomic E-state index is -3.79. The molecular formula is C8H13O4P. The lowest BCUT2D eigenvalue weighted by Crippen LogP contribution is -2.16. The molecule has 1 fully saturated rings. The van der Waals surface area contributed by atoms with Crippen LogP contribution < -0.4 is 0 Å². The fourth-order valence-electron chi connectivity index (χ4n) is 2.07. The van der Waals surface area contributed by atoms with E-state index in [0.717, 1.165) is 12.8 Å². The lowest BCUT2D eigenvalue weighted by Gasteiger charge is -2.20. The van der Waals surface area contributed by atoms with E-state index >= 15 is 0 Å². The first kappa shape index (κ1) is 9.41. The maximum Gasteiger partial charge on any atom is 0.472 e. The summed E-state index contributed by atoms with van der Waals surface area (Å²) in [6.45, 7) is 0. The van der Waals surface area contributed by atoms with E-state index in [1.165, 1.54) is 7.11 Å². The van der Waals surface area contributed by atoms with Gasteiger partial charge in [0.05, 0.1) is 6.10 Å². The van der Waals surface area contributed by atoms with Gasteiger partial charge >= 0.3 is 7.82 Å². The molecule has 5 heteroatoms. The highest BCUT2D eigenvalue weighted by atomic mass is 31.2. The molecular weight excluding hydrogens is 191 g/mol. The Morgan fingerprint density at radius 3 is 2.69 bits per heavy atom. The van der Waals surface area contributed by atoms with Crippen molar-refractivity contribution in [2.45, 2.75) is 18.9 Å². The van der Waals surface area contributed by atoms with Crippen LogP contribution in [0.5, 0.6) is 0 Å². The predicted molar refractivity (Wildman–Crippen MR) is 47.1 cm³/mol. The fourth-order valence-corrected chi connectivity index (χ4v) is 2.74. The third-order valence-electron chi connectivity index (χ3n) is 2.72. The second kappa shape index (κ2) is 3.21. The van der Waals surface area contributed by atoms with Crippen LogP contribution in [0.15, 0.2) is 12.2 Å². The Kier molecular flexibility index (Phi) is 2.32. The third-order valence-corrected chi connectivity index (χ3v) is 3.72. The van der Waals surface area contributed by atoms with Crippen LogP contribution in [0.1, 0.15) is 12.8 Å². The van der Waals surface area contributed by atoms with E-state index in [1.54, 1.807) is 0 Å². The number of phosphoric acid groups is 1. The Morgan fingerprint density at radius 2 is 2.23 bits per heavy atom. The molecule has 74 valence electrons. The van der Waals surface area contributed by atoms with Crippen molar-refractivity contribution in [1.29, 1.82) is 0 Å². The van der Waals surface area contributed by atoms with E-state index in [-0.39, 0.29) is 6.10 Å². The van der Waals surface area contributed by atoms with Crippen molar-refractivity contribution < 1.29 is 18.5 Å². The van der Waals surface area contributed by atoms with E-state index in [2.05, 4.69) is 16.7 Å². The molecule has 0 spiro atoms. The molecule has 0 aromatic carbocycles. The lowest BCUT2D eigenvalue weighted by molar-refractivity contribution is 0.103. The topological polar surface area (TPSA) is 55.8 Å². The van der Waals surface area contributed by atoms with Crippen molar-refractivity contribution >= 4 is 7.82 Å². The first-order chi connectivity index (χ1) is 6.11. The van der Waals surface area contributed by atoms with Gasteiger partial charge < -0.3 is 4.89 Å². The van der Waals surface area contributed by atoms with Gasteiger partial charge in [-0.3, -0.25) is 9.05 Å². The number of hydrogen-bond donors (Lipinski definition) is 1. The monoisotopic (exact) mass is 204 g/mol. The standard InChI is InChI=1S/C8H13O4P/c1-11-13(9,10)12-8-5-6-2-3-7(8)4-6/h2-3,6-8H,4-5H2,1H3,(H,9,10). The van der Waals surface area contributed by atoms with Gasteiger partial charge in [0, 0.05) is 13.0 Å². The van der Waals surface area contributed by atoms with Crippen LogP contribution in [0, 0.1) is 11.8 Å². The summed E-state index contributed by atoms with van der Waals surface area (Å²) in [6.07, 6.45) is 5.98. The number of rotatable bonds is 3. The molecule has 0 radical (unpaired) electrons. The Labute approximate surface area is 77.2 Å². The van der Waals surface area contributed by atoms with Crippen LogP contribution in [-0.4, -0.2) is 18.1 Å². The summed E-state index contributed by atoms with van der Waals surface area (Å²) >= 11 is 0.